The lowest BCUT2D eigenvalue weighted by atomic mass is 10.2. The summed E-state index contributed by atoms with van der Waals surface area (Å²) >= 11 is 0. The van der Waals surface area contributed by atoms with Crippen molar-refractivity contribution in [1.29, 1.82) is 0 Å². The van der Waals surface area contributed by atoms with Crippen molar-refractivity contribution in [3.05, 3.63) is 71.6 Å². The molecule has 0 N–H and O–H groups in total. The van der Waals surface area contributed by atoms with E-state index < -0.39 is 0 Å². The molecule has 0 unspecified atom stereocenters. The largest absolute Gasteiger partial charge is 0.238 e. The van der Waals surface area contributed by atoms with Gasteiger partial charge in [0.2, 0.25) is 0 Å². The summed E-state index contributed by atoms with van der Waals surface area (Å²) in [5.41, 5.74) is 4.06. The second kappa shape index (κ2) is 6.43. The molecule has 3 aromatic rings. The Balaban J connectivity index is 1.76. The molecule has 0 bridgehead atoms. The lowest BCUT2D eigenvalue weighted by Crippen LogP contribution is -2.03. The van der Waals surface area contributed by atoms with Crippen molar-refractivity contribution in [2.24, 2.45) is 0 Å². The van der Waals surface area contributed by atoms with E-state index >= 15 is 0 Å². The van der Waals surface area contributed by atoms with E-state index in [4.69, 9.17) is 0 Å². The number of hydrogen-bond acceptors (Lipinski definition) is 4. The van der Waals surface area contributed by atoms with Crippen molar-refractivity contribution < 1.29 is 0 Å². The first-order chi connectivity index (χ1) is 10.7. The van der Waals surface area contributed by atoms with Gasteiger partial charge in [-0.15, -0.1) is 0 Å². The summed E-state index contributed by atoms with van der Waals surface area (Å²) < 4.78 is 0. The first kappa shape index (κ1) is 14.3. The van der Waals surface area contributed by atoms with Gasteiger partial charge in [0.15, 0.2) is 5.82 Å². The van der Waals surface area contributed by atoms with Crippen LogP contribution in [0.1, 0.15) is 22.9 Å². The van der Waals surface area contributed by atoms with E-state index in [0.29, 0.717) is 0 Å². The number of hydrogen-bond donors (Lipinski definition) is 0. The van der Waals surface area contributed by atoms with Crippen LogP contribution < -0.4 is 0 Å². The zero-order valence-electron chi connectivity index (χ0n) is 12.8. The number of aryl methyl sites for hydroxylation is 4. The molecule has 4 nitrogen and oxygen atoms in total. The Morgan fingerprint density at radius 1 is 0.818 bits per heavy atom. The monoisotopic (exact) mass is 290 g/mol. The summed E-state index contributed by atoms with van der Waals surface area (Å²) in [4.78, 5) is 17.9. The smallest absolute Gasteiger partial charge is 0.159 e. The summed E-state index contributed by atoms with van der Waals surface area (Å²) in [6, 6.07) is 14.0. The molecule has 0 fully saturated rings. The zero-order chi connectivity index (χ0) is 15.4. The number of aromatic nitrogens is 4. The minimum Gasteiger partial charge on any atom is -0.238 e. The predicted molar refractivity (Wildman–Crippen MR) is 86.4 cm³/mol. The Kier molecular flexibility index (Phi) is 4.19. The van der Waals surface area contributed by atoms with Crippen LogP contribution >= 0.6 is 0 Å². The standard InChI is InChI=1S/C18H18N4/c1-13-12-14(2)21-17(20-13)9-8-16-10-11-19-18(22-16)15-6-4-3-5-7-15/h3-7,10-12H,8-9H2,1-2H3. The van der Waals surface area contributed by atoms with Crippen LogP contribution in [-0.2, 0) is 12.8 Å². The fourth-order valence-corrected chi connectivity index (χ4v) is 2.41. The third kappa shape index (κ3) is 3.52. The average Bonchev–Trinajstić information content (AvgIpc) is 2.53. The van der Waals surface area contributed by atoms with Gasteiger partial charge < -0.3 is 0 Å². The molecule has 4 heteroatoms. The SMILES string of the molecule is Cc1cc(C)nc(CCc2ccnc(-c3ccccc3)n2)n1. The quantitative estimate of drug-likeness (QED) is 0.739. The zero-order valence-corrected chi connectivity index (χ0v) is 12.8. The summed E-state index contributed by atoms with van der Waals surface area (Å²) in [6.07, 6.45) is 3.41. The molecule has 2 aromatic heterocycles. The molecule has 0 aliphatic heterocycles. The molecule has 0 saturated heterocycles. The minimum atomic E-state index is 0.763. The third-order valence-electron chi connectivity index (χ3n) is 3.38. The first-order valence-electron chi connectivity index (χ1n) is 7.39. The molecule has 0 radical (unpaired) electrons. The van der Waals surface area contributed by atoms with E-state index in [9.17, 15) is 0 Å². The van der Waals surface area contributed by atoms with E-state index in [-0.39, 0.29) is 0 Å². The van der Waals surface area contributed by atoms with Gasteiger partial charge in [-0.25, -0.2) is 19.9 Å². The van der Waals surface area contributed by atoms with Gasteiger partial charge in [-0.2, -0.15) is 0 Å². The van der Waals surface area contributed by atoms with E-state index in [1.165, 1.54) is 0 Å². The van der Waals surface area contributed by atoms with Crippen molar-refractivity contribution in [3.63, 3.8) is 0 Å². The predicted octanol–water partition coefficient (Wildman–Crippen LogP) is 3.34. The molecule has 3 rings (SSSR count). The van der Waals surface area contributed by atoms with Gasteiger partial charge in [-0.05, 0) is 32.4 Å². The molecule has 0 saturated carbocycles. The topological polar surface area (TPSA) is 51.6 Å². The molecule has 0 spiro atoms. The highest BCUT2D eigenvalue weighted by atomic mass is 14.9. The minimum absolute atomic E-state index is 0.763. The maximum absolute atomic E-state index is 4.64. The van der Waals surface area contributed by atoms with Crippen molar-refractivity contribution in [3.8, 4) is 11.4 Å². The summed E-state index contributed by atoms with van der Waals surface area (Å²) in [5.74, 6) is 1.64. The van der Waals surface area contributed by atoms with Crippen molar-refractivity contribution >= 4 is 0 Å². The molecular formula is C18H18N4. The van der Waals surface area contributed by atoms with E-state index in [1.807, 2.05) is 62.5 Å². The van der Waals surface area contributed by atoms with Gasteiger partial charge in [0.1, 0.15) is 5.82 Å². The van der Waals surface area contributed by atoms with Crippen LogP contribution in [0.3, 0.4) is 0 Å². The molecule has 2 heterocycles. The van der Waals surface area contributed by atoms with Crippen LogP contribution in [0.4, 0.5) is 0 Å². The first-order valence-corrected chi connectivity index (χ1v) is 7.39. The Morgan fingerprint density at radius 3 is 2.27 bits per heavy atom. The highest BCUT2D eigenvalue weighted by Crippen LogP contribution is 2.14. The summed E-state index contributed by atoms with van der Waals surface area (Å²) in [7, 11) is 0. The molecule has 0 aliphatic carbocycles. The normalized spacial score (nSPS) is 10.6. The van der Waals surface area contributed by atoms with Crippen LogP contribution in [-0.4, -0.2) is 19.9 Å². The third-order valence-corrected chi connectivity index (χ3v) is 3.38. The highest BCUT2D eigenvalue weighted by molar-refractivity contribution is 5.54. The number of benzene rings is 1. The molecule has 1 aromatic carbocycles. The van der Waals surface area contributed by atoms with Crippen molar-refractivity contribution in [2.75, 3.05) is 0 Å². The Labute approximate surface area is 130 Å². The fraction of sp³-hybridized carbons (Fsp3) is 0.222. The highest BCUT2D eigenvalue weighted by Gasteiger charge is 2.05. The maximum Gasteiger partial charge on any atom is 0.159 e. The molecule has 110 valence electrons. The van der Waals surface area contributed by atoms with Crippen LogP contribution in [0.15, 0.2) is 48.7 Å². The Hall–Kier alpha value is -2.62. The lowest BCUT2D eigenvalue weighted by molar-refractivity contribution is 0.814. The van der Waals surface area contributed by atoms with Gasteiger partial charge >= 0.3 is 0 Å². The summed E-state index contributed by atoms with van der Waals surface area (Å²) in [6.45, 7) is 3.99. The number of rotatable bonds is 4. The van der Waals surface area contributed by atoms with Gasteiger partial charge in [0.25, 0.3) is 0 Å². The number of nitrogens with zero attached hydrogens (tertiary/aromatic N) is 4. The second-order valence-electron chi connectivity index (χ2n) is 5.30. The second-order valence-corrected chi connectivity index (χ2v) is 5.30. The van der Waals surface area contributed by atoms with Crippen molar-refractivity contribution in [2.45, 2.75) is 26.7 Å². The van der Waals surface area contributed by atoms with Crippen LogP contribution in [0.25, 0.3) is 11.4 Å². The Bertz CT molecular complexity index is 749. The van der Waals surface area contributed by atoms with Gasteiger partial charge in [0, 0.05) is 35.3 Å². The van der Waals surface area contributed by atoms with Crippen LogP contribution in [0, 0.1) is 13.8 Å². The summed E-state index contributed by atoms with van der Waals surface area (Å²) in [5, 5.41) is 0. The average molecular weight is 290 g/mol. The van der Waals surface area contributed by atoms with Gasteiger partial charge in [0.05, 0.1) is 0 Å². The van der Waals surface area contributed by atoms with Crippen LogP contribution in [0.5, 0.6) is 0 Å². The molecule has 22 heavy (non-hydrogen) atoms. The molecule has 0 atom stereocenters. The Morgan fingerprint density at radius 2 is 1.55 bits per heavy atom. The van der Waals surface area contributed by atoms with Gasteiger partial charge in [-0.3, -0.25) is 0 Å². The molecule has 0 amide bonds. The molecule has 0 aliphatic rings. The maximum atomic E-state index is 4.64. The van der Waals surface area contributed by atoms with Crippen LogP contribution in [0.2, 0.25) is 0 Å². The van der Waals surface area contributed by atoms with E-state index in [1.54, 1.807) is 0 Å². The van der Waals surface area contributed by atoms with Crippen molar-refractivity contribution in [1.82, 2.24) is 19.9 Å². The fourth-order valence-electron chi connectivity index (χ4n) is 2.41. The molecular weight excluding hydrogens is 272 g/mol. The van der Waals surface area contributed by atoms with E-state index in [2.05, 4.69) is 19.9 Å². The van der Waals surface area contributed by atoms with E-state index in [0.717, 1.165) is 47.1 Å². The van der Waals surface area contributed by atoms with Gasteiger partial charge in [-0.1, -0.05) is 30.3 Å². The lowest BCUT2D eigenvalue weighted by Gasteiger charge is -2.05.